The summed E-state index contributed by atoms with van der Waals surface area (Å²) in [4.78, 5) is 30.0. The molecule has 1 aliphatic heterocycles. The molecule has 2 heterocycles. The number of amides is 2. The fourth-order valence-electron chi connectivity index (χ4n) is 4.02. The quantitative estimate of drug-likeness (QED) is 0.680. The topological polar surface area (TPSA) is 94.8 Å². The van der Waals surface area contributed by atoms with Crippen molar-refractivity contribution in [1.82, 2.24) is 9.88 Å². The number of pyridine rings is 1. The van der Waals surface area contributed by atoms with Crippen LogP contribution in [0.15, 0.2) is 30.5 Å². The molecule has 0 bridgehead atoms. The van der Waals surface area contributed by atoms with E-state index in [1.165, 1.54) is 12.1 Å². The van der Waals surface area contributed by atoms with Gasteiger partial charge in [-0.3, -0.25) is 9.78 Å². The van der Waals surface area contributed by atoms with Crippen molar-refractivity contribution in [2.75, 3.05) is 13.2 Å². The van der Waals surface area contributed by atoms with Crippen molar-refractivity contribution >= 4 is 12.0 Å². The summed E-state index contributed by atoms with van der Waals surface area (Å²) in [6.07, 6.45) is 1.23. The van der Waals surface area contributed by atoms with Crippen molar-refractivity contribution in [3.8, 4) is 16.9 Å². The van der Waals surface area contributed by atoms with Gasteiger partial charge in [0.1, 0.15) is 12.2 Å². The first kappa shape index (κ1) is 22.5. The minimum atomic E-state index is -0.979. The number of nitrogens with two attached hydrogens (primary N) is 1. The van der Waals surface area contributed by atoms with Gasteiger partial charge in [0.05, 0.1) is 17.8 Å². The molecule has 0 aliphatic carbocycles. The zero-order chi connectivity index (χ0) is 22.8. The summed E-state index contributed by atoms with van der Waals surface area (Å²) in [5.41, 5.74) is 6.61. The Kier molecular flexibility index (Phi) is 6.48. The number of carbonyl (C=O) groups excluding carboxylic acids is 2. The third kappa shape index (κ3) is 4.95. The van der Waals surface area contributed by atoms with Crippen LogP contribution in [0.3, 0.4) is 0 Å². The van der Waals surface area contributed by atoms with Crippen LogP contribution < -0.4 is 10.5 Å². The number of hydrogen-bond donors (Lipinski definition) is 1. The molecule has 1 atom stereocenters. The molecule has 2 amide bonds. The average Bonchev–Trinajstić information content (AvgIpc) is 3.01. The second-order valence-corrected chi connectivity index (χ2v) is 8.40. The summed E-state index contributed by atoms with van der Waals surface area (Å²) in [6, 6.07) is 6.26. The highest BCUT2D eigenvalue weighted by Crippen LogP contribution is 2.33. The summed E-state index contributed by atoms with van der Waals surface area (Å²) in [5, 5.41) is 0. The van der Waals surface area contributed by atoms with Crippen molar-refractivity contribution < 1.29 is 23.5 Å². The van der Waals surface area contributed by atoms with E-state index in [0.717, 1.165) is 0 Å². The molecule has 0 unspecified atom stereocenters. The van der Waals surface area contributed by atoms with Crippen LogP contribution in [0, 0.1) is 11.7 Å². The van der Waals surface area contributed by atoms with Crippen LogP contribution in [0.2, 0.25) is 0 Å². The molecule has 1 aromatic carbocycles. The van der Waals surface area contributed by atoms with E-state index < -0.39 is 17.5 Å². The number of halogens is 1. The lowest BCUT2D eigenvalue weighted by atomic mass is 9.95. The number of benzene rings is 1. The fraction of sp³-hybridized carbons (Fsp3) is 0.435. The van der Waals surface area contributed by atoms with E-state index in [1.807, 2.05) is 20.8 Å². The Balaban J connectivity index is 1.83. The Morgan fingerprint density at radius 2 is 2.10 bits per heavy atom. The molecule has 8 heteroatoms. The lowest BCUT2D eigenvalue weighted by molar-refractivity contribution is -0.0193. The van der Waals surface area contributed by atoms with Gasteiger partial charge in [-0.2, -0.15) is 0 Å². The van der Waals surface area contributed by atoms with Gasteiger partial charge < -0.3 is 20.1 Å². The molecular formula is C23H28FN3O4. The zero-order valence-corrected chi connectivity index (χ0v) is 18.3. The summed E-state index contributed by atoms with van der Waals surface area (Å²) in [6.45, 7) is 8.56. The molecule has 0 radical (unpaired) electrons. The van der Waals surface area contributed by atoms with Crippen molar-refractivity contribution in [3.05, 3.63) is 47.5 Å². The Labute approximate surface area is 181 Å². The first-order valence-corrected chi connectivity index (χ1v) is 10.3. The monoisotopic (exact) mass is 429 g/mol. The average molecular weight is 429 g/mol. The third-order valence-corrected chi connectivity index (χ3v) is 5.22. The molecule has 0 fully saturated rings. The van der Waals surface area contributed by atoms with E-state index >= 15 is 0 Å². The van der Waals surface area contributed by atoms with Gasteiger partial charge in [0.25, 0.3) is 5.91 Å². The van der Waals surface area contributed by atoms with Crippen molar-refractivity contribution in [2.45, 2.75) is 46.3 Å². The Bertz CT molecular complexity index is 995. The molecular weight excluding hydrogens is 401 g/mol. The van der Waals surface area contributed by atoms with Gasteiger partial charge in [-0.15, -0.1) is 0 Å². The molecule has 31 heavy (non-hydrogen) atoms. The maximum absolute atomic E-state index is 14.9. The zero-order valence-electron chi connectivity index (χ0n) is 18.3. The normalized spacial score (nSPS) is 15.0. The van der Waals surface area contributed by atoms with Crippen LogP contribution in [0.25, 0.3) is 11.1 Å². The van der Waals surface area contributed by atoms with Gasteiger partial charge in [0.15, 0.2) is 11.6 Å². The van der Waals surface area contributed by atoms with Crippen LogP contribution in [-0.2, 0) is 11.3 Å². The van der Waals surface area contributed by atoms with Crippen LogP contribution in [0.1, 0.15) is 50.2 Å². The maximum Gasteiger partial charge on any atom is 0.405 e. The molecule has 2 N–H and O–H groups in total. The standard InChI is InChI=1S/C23H28FN3O4/c1-5-27-12-18-20(21(27)28)16(8-9-26-18)15-6-7-19(17(24)10-15)30-13-23(4,11-14(2)3)31-22(25)29/h6-10,14H,5,11-13H2,1-4H3,(H2,25,29)/t23-/m0/s1. The van der Waals surface area contributed by atoms with Crippen LogP contribution in [0.5, 0.6) is 5.75 Å². The van der Waals surface area contributed by atoms with Crippen molar-refractivity contribution in [1.29, 1.82) is 0 Å². The number of aromatic nitrogens is 1. The lowest BCUT2D eigenvalue weighted by Gasteiger charge is -2.30. The third-order valence-electron chi connectivity index (χ3n) is 5.22. The molecule has 1 aromatic heterocycles. The molecule has 2 aromatic rings. The van der Waals surface area contributed by atoms with Crippen molar-refractivity contribution in [2.24, 2.45) is 11.7 Å². The molecule has 0 saturated carbocycles. The fourth-order valence-corrected chi connectivity index (χ4v) is 4.02. The number of hydrogen-bond acceptors (Lipinski definition) is 5. The Morgan fingerprint density at radius 1 is 1.35 bits per heavy atom. The first-order valence-electron chi connectivity index (χ1n) is 10.3. The summed E-state index contributed by atoms with van der Waals surface area (Å²) in [5.74, 6) is -0.436. The molecule has 166 valence electrons. The highest BCUT2D eigenvalue weighted by molar-refractivity contribution is 6.04. The smallest absolute Gasteiger partial charge is 0.405 e. The highest BCUT2D eigenvalue weighted by atomic mass is 19.1. The van der Waals surface area contributed by atoms with E-state index in [9.17, 15) is 14.0 Å². The maximum atomic E-state index is 14.9. The summed E-state index contributed by atoms with van der Waals surface area (Å²) in [7, 11) is 0. The summed E-state index contributed by atoms with van der Waals surface area (Å²) < 4.78 is 25.7. The number of ether oxygens (including phenoxy) is 2. The minimum Gasteiger partial charge on any atom is -0.486 e. The second kappa shape index (κ2) is 8.91. The molecule has 7 nitrogen and oxygen atoms in total. The van der Waals surface area contributed by atoms with Gasteiger partial charge >= 0.3 is 6.09 Å². The molecule has 0 saturated heterocycles. The largest absolute Gasteiger partial charge is 0.486 e. The van der Waals surface area contributed by atoms with Gasteiger partial charge in [0.2, 0.25) is 0 Å². The van der Waals surface area contributed by atoms with Gasteiger partial charge in [-0.1, -0.05) is 19.9 Å². The van der Waals surface area contributed by atoms with Crippen LogP contribution in [0.4, 0.5) is 9.18 Å². The lowest BCUT2D eigenvalue weighted by Crippen LogP contribution is -2.41. The summed E-state index contributed by atoms with van der Waals surface area (Å²) >= 11 is 0. The van der Waals surface area contributed by atoms with Gasteiger partial charge in [-0.05, 0) is 55.5 Å². The highest BCUT2D eigenvalue weighted by Gasteiger charge is 2.32. The van der Waals surface area contributed by atoms with Crippen LogP contribution in [-0.4, -0.2) is 40.6 Å². The van der Waals surface area contributed by atoms with E-state index in [-0.39, 0.29) is 24.2 Å². The minimum absolute atomic E-state index is 0.0269. The predicted octanol–water partition coefficient (Wildman–Crippen LogP) is 4.14. The van der Waals surface area contributed by atoms with E-state index in [1.54, 1.807) is 30.2 Å². The van der Waals surface area contributed by atoms with Crippen LogP contribution >= 0.6 is 0 Å². The number of primary amides is 1. The molecule has 1 aliphatic rings. The number of rotatable bonds is 8. The van der Waals surface area contributed by atoms with E-state index in [2.05, 4.69) is 4.98 Å². The van der Waals surface area contributed by atoms with E-state index in [4.69, 9.17) is 15.2 Å². The Hall–Kier alpha value is -3.16. The number of carbonyl (C=O) groups is 2. The van der Waals surface area contributed by atoms with Gasteiger partial charge in [-0.25, -0.2) is 9.18 Å². The van der Waals surface area contributed by atoms with Crippen molar-refractivity contribution in [3.63, 3.8) is 0 Å². The molecule has 3 rings (SSSR count). The second-order valence-electron chi connectivity index (χ2n) is 8.40. The number of nitrogens with zero attached hydrogens (tertiary/aromatic N) is 2. The van der Waals surface area contributed by atoms with E-state index in [0.29, 0.717) is 41.9 Å². The first-order chi connectivity index (χ1) is 14.6. The van der Waals surface area contributed by atoms with Gasteiger partial charge in [0, 0.05) is 12.7 Å². The predicted molar refractivity (Wildman–Crippen MR) is 114 cm³/mol. The Morgan fingerprint density at radius 3 is 2.71 bits per heavy atom. The SMILES string of the molecule is CCN1Cc2nccc(-c3ccc(OC[C@](C)(CC(C)C)OC(N)=O)c(F)c3)c2C1=O. The molecule has 0 spiro atoms. The number of fused-ring (bicyclic) bond motifs is 1.